The SMILES string of the molecule is O=S(O)c1ccc(Nc2nccc(Nc3ccc(F)c(F)c3)n2)cc1. The lowest BCUT2D eigenvalue weighted by molar-refractivity contribution is 0.509. The van der Waals surface area contributed by atoms with Crippen molar-refractivity contribution in [2.24, 2.45) is 0 Å². The highest BCUT2D eigenvalue weighted by Crippen LogP contribution is 2.20. The standard InChI is InChI=1S/C16H12F2N4O2S/c17-13-6-3-11(9-14(13)18)20-15-7-8-19-16(22-15)21-10-1-4-12(5-2-10)25(23)24/h1-9H,(H,23,24)(H2,19,20,21,22). The molecule has 2 aromatic carbocycles. The molecule has 0 aliphatic rings. The second-order valence-electron chi connectivity index (χ2n) is 4.92. The maximum absolute atomic E-state index is 13.2. The predicted octanol–water partition coefficient (Wildman–Crippen LogP) is 3.82. The Hall–Kier alpha value is -2.91. The molecule has 0 radical (unpaired) electrons. The third kappa shape index (κ3) is 4.34. The van der Waals surface area contributed by atoms with E-state index in [0.29, 0.717) is 17.2 Å². The quantitative estimate of drug-likeness (QED) is 0.598. The number of hydrogen-bond acceptors (Lipinski definition) is 5. The van der Waals surface area contributed by atoms with Gasteiger partial charge in [0.1, 0.15) is 5.82 Å². The molecule has 3 rings (SSSR count). The number of nitrogens with one attached hydrogen (secondary N) is 2. The first-order valence-corrected chi connectivity index (χ1v) is 8.15. The molecule has 0 amide bonds. The Kier molecular flexibility index (Phi) is 4.96. The summed E-state index contributed by atoms with van der Waals surface area (Å²) in [6.07, 6.45) is 1.49. The van der Waals surface area contributed by atoms with Crippen molar-refractivity contribution in [3.05, 3.63) is 66.4 Å². The first-order chi connectivity index (χ1) is 12.0. The van der Waals surface area contributed by atoms with E-state index in [-0.39, 0.29) is 10.8 Å². The van der Waals surface area contributed by atoms with E-state index < -0.39 is 22.7 Å². The Morgan fingerprint density at radius 2 is 1.64 bits per heavy atom. The fraction of sp³-hybridized carbons (Fsp3) is 0. The van der Waals surface area contributed by atoms with Gasteiger partial charge in [-0.05, 0) is 42.5 Å². The third-order valence-electron chi connectivity index (χ3n) is 3.16. The molecule has 1 aromatic heterocycles. The minimum atomic E-state index is -2.04. The largest absolute Gasteiger partial charge is 0.340 e. The summed E-state index contributed by atoms with van der Waals surface area (Å²) in [6.45, 7) is 0. The van der Waals surface area contributed by atoms with Crippen LogP contribution in [0.3, 0.4) is 0 Å². The molecular formula is C16H12F2N4O2S. The molecule has 0 bridgehead atoms. The highest BCUT2D eigenvalue weighted by molar-refractivity contribution is 7.79. The van der Waals surface area contributed by atoms with E-state index in [4.69, 9.17) is 4.55 Å². The van der Waals surface area contributed by atoms with Crippen molar-refractivity contribution in [3.63, 3.8) is 0 Å². The second-order valence-corrected chi connectivity index (χ2v) is 5.89. The first-order valence-electron chi connectivity index (χ1n) is 7.04. The minimum absolute atomic E-state index is 0.269. The molecule has 128 valence electrons. The Morgan fingerprint density at radius 3 is 2.32 bits per heavy atom. The van der Waals surface area contributed by atoms with Gasteiger partial charge in [-0.1, -0.05) is 0 Å². The number of nitrogens with zero attached hydrogens (tertiary/aromatic N) is 2. The van der Waals surface area contributed by atoms with Crippen LogP contribution in [0.5, 0.6) is 0 Å². The summed E-state index contributed by atoms with van der Waals surface area (Å²) in [5.74, 6) is -1.23. The summed E-state index contributed by atoms with van der Waals surface area (Å²) in [7, 11) is 0. The molecule has 1 heterocycles. The lowest BCUT2D eigenvalue weighted by atomic mass is 10.3. The van der Waals surface area contributed by atoms with Crippen molar-refractivity contribution in [1.29, 1.82) is 0 Å². The second kappa shape index (κ2) is 7.32. The van der Waals surface area contributed by atoms with Crippen molar-refractivity contribution in [1.82, 2.24) is 9.97 Å². The van der Waals surface area contributed by atoms with Crippen LogP contribution in [0.25, 0.3) is 0 Å². The Morgan fingerprint density at radius 1 is 0.920 bits per heavy atom. The predicted molar refractivity (Wildman–Crippen MR) is 90.4 cm³/mol. The zero-order valence-corrected chi connectivity index (χ0v) is 13.4. The number of rotatable bonds is 5. The number of benzene rings is 2. The molecule has 0 spiro atoms. The zero-order chi connectivity index (χ0) is 17.8. The first kappa shape index (κ1) is 16.9. The van der Waals surface area contributed by atoms with Crippen LogP contribution in [0.2, 0.25) is 0 Å². The average Bonchev–Trinajstić information content (AvgIpc) is 2.59. The molecule has 1 atom stereocenters. The lowest BCUT2D eigenvalue weighted by Crippen LogP contribution is -2.01. The van der Waals surface area contributed by atoms with Crippen molar-refractivity contribution in [3.8, 4) is 0 Å². The molecule has 6 nitrogen and oxygen atoms in total. The molecule has 9 heteroatoms. The van der Waals surface area contributed by atoms with Crippen LogP contribution in [0, 0.1) is 11.6 Å². The summed E-state index contributed by atoms with van der Waals surface area (Å²) in [5.41, 5.74) is 0.970. The topological polar surface area (TPSA) is 87.1 Å². The Bertz CT molecular complexity index is 922. The van der Waals surface area contributed by atoms with Gasteiger partial charge in [0.05, 0.1) is 4.90 Å². The molecule has 0 fully saturated rings. The number of hydrogen-bond donors (Lipinski definition) is 3. The van der Waals surface area contributed by atoms with Gasteiger partial charge in [-0.3, -0.25) is 0 Å². The van der Waals surface area contributed by atoms with Crippen molar-refractivity contribution >= 4 is 34.2 Å². The van der Waals surface area contributed by atoms with E-state index in [2.05, 4.69) is 20.6 Å². The Labute approximate surface area is 144 Å². The lowest BCUT2D eigenvalue weighted by Gasteiger charge is -2.09. The van der Waals surface area contributed by atoms with Gasteiger partial charge in [0, 0.05) is 23.6 Å². The van der Waals surface area contributed by atoms with Crippen LogP contribution in [0.15, 0.2) is 59.6 Å². The summed E-state index contributed by atoms with van der Waals surface area (Å²) in [4.78, 5) is 8.55. The summed E-state index contributed by atoms with van der Waals surface area (Å²) < 4.78 is 46.1. The van der Waals surface area contributed by atoms with E-state index in [1.165, 1.54) is 24.4 Å². The highest BCUT2D eigenvalue weighted by Gasteiger charge is 2.05. The van der Waals surface area contributed by atoms with Gasteiger partial charge in [-0.25, -0.2) is 18.0 Å². The fourth-order valence-electron chi connectivity index (χ4n) is 1.99. The fourth-order valence-corrected chi connectivity index (χ4v) is 2.36. The van der Waals surface area contributed by atoms with E-state index in [1.54, 1.807) is 18.2 Å². The highest BCUT2D eigenvalue weighted by atomic mass is 32.2. The van der Waals surface area contributed by atoms with E-state index in [9.17, 15) is 13.0 Å². The van der Waals surface area contributed by atoms with Gasteiger partial charge in [0.25, 0.3) is 0 Å². The van der Waals surface area contributed by atoms with Crippen molar-refractivity contribution in [2.45, 2.75) is 4.90 Å². The van der Waals surface area contributed by atoms with Gasteiger partial charge < -0.3 is 15.2 Å². The normalized spacial score (nSPS) is 11.8. The zero-order valence-electron chi connectivity index (χ0n) is 12.6. The van der Waals surface area contributed by atoms with Crippen LogP contribution in [-0.2, 0) is 11.1 Å². The molecule has 0 aliphatic heterocycles. The van der Waals surface area contributed by atoms with E-state index >= 15 is 0 Å². The molecule has 3 N–H and O–H groups in total. The maximum atomic E-state index is 13.2. The van der Waals surface area contributed by atoms with Gasteiger partial charge in [-0.15, -0.1) is 0 Å². The van der Waals surface area contributed by atoms with Crippen molar-refractivity contribution < 1.29 is 17.5 Å². The van der Waals surface area contributed by atoms with Crippen LogP contribution >= 0.6 is 0 Å². The van der Waals surface area contributed by atoms with Gasteiger partial charge in [-0.2, -0.15) is 4.98 Å². The van der Waals surface area contributed by atoms with Crippen LogP contribution in [-0.4, -0.2) is 18.7 Å². The molecule has 1 unspecified atom stereocenters. The summed E-state index contributed by atoms with van der Waals surface area (Å²) >= 11 is -2.04. The molecule has 0 saturated carbocycles. The average molecular weight is 362 g/mol. The maximum Gasteiger partial charge on any atom is 0.229 e. The minimum Gasteiger partial charge on any atom is -0.340 e. The third-order valence-corrected chi connectivity index (χ3v) is 3.84. The monoisotopic (exact) mass is 362 g/mol. The van der Waals surface area contributed by atoms with Gasteiger partial charge in [0.2, 0.25) is 5.95 Å². The molecule has 0 saturated heterocycles. The molecule has 3 aromatic rings. The smallest absolute Gasteiger partial charge is 0.229 e. The number of aromatic nitrogens is 2. The van der Waals surface area contributed by atoms with Crippen LogP contribution in [0.4, 0.5) is 31.9 Å². The van der Waals surface area contributed by atoms with E-state index in [0.717, 1.165) is 12.1 Å². The summed E-state index contributed by atoms with van der Waals surface area (Å²) in [6, 6.07) is 11.2. The van der Waals surface area contributed by atoms with Gasteiger partial charge >= 0.3 is 0 Å². The summed E-state index contributed by atoms with van der Waals surface area (Å²) in [5, 5.41) is 5.79. The number of anilines is 4. The number of halogens is 2. The molecule has 0 aliphatic carbocycles. The molecular weight excluding hydrogens is 350 g/mol. The molecule has 25 heavy (non-hydrogen) atoms. The Balaban J connectivity index is 1.74. The van der Waals surface area contributed by atoms with E-state index in [1.807, 2.05) is 0 Å². The van der Waals surface area contributed by atoms with Crippen LogP contribution < -0.4 is 10.6 Å². The van der Waals surface area contributed by atoms with Crippen molar-refractivity contribution in [2.75, 3.05) is 10.6 Å². The van der Waals surface area contributed by atoms with Crippen LogP contribution in [0.1, 0.15) is 0 Å². The van der Waals surface area contributed by atoms with Gasteiger partial charge in [0.15, 0.2) is 22.7 Å².